The van der Waals surface area contributed by atoms with E-state index in [1.807, 2.05) is 45.0 Å². The third kappa shape index (κ3) is 2.66. The van der Waals surface area contributed by atoms with Gasteiger partial charge in [0.15, 0.2) is 17.6 Å². The lowest BCUT2D eigenvalue weighted by Gasteiger charge is -2.04. The highest BCUT2D eigenvalue weighted by molar-refractivity contribution is 5.81. The summed E-state index contributed by atoms with van der Waals surface area (Å²) in [5.74, 6) is 1.55. The minimum Gasteiger partial charge on any atom is -0.453 e. The van der Waals surface area contributed by atoms with Crippen LogP contribution in [0.25, 0.3) is 33.9 Å². The molecule has 0 N–H and O–H groups in total. The Balaban J connectivity index is 1.85. The van der Waals surface area contributed by atoms with Crippen LogP contribution in [0.4, 0.5) is 0 Å². The van der Waals surface area contributed by atoms with Gasteiger partial charge >= 0.3 is 0 Å². The van der Waals surface area contributed by atoms with E-state index in [0.29, 0.717) is 23.7 Å². The van der Waals surface area contributed by atoms with Crippen LogP contribution in [0.1, 0.15) is 27.2 Å². The summed E-state index contributed by atoms with van der Waals surface area (Å²) < 4.78 is 11.6. The summed E-state index contributed by atoms with van der Waals surface area (Å²) in [4.78, 5) is 15.5. The Labute approximate surface area is 145 Å². The smallest absolute Gasteiger partial charge is 0.227 e. The third-order valence-corrected chi connectivity index (χ3v) is 4.31. The first-order valence-corrected chi connectivity index (χ1v) is 8.09. The maximum Gasteiger partial charge on any atom is 0.227 e. The van der Waals surface area contributed by atoms with E-state index in [1.165, 1.54) is 0 Å². The topological polar surface area (TPSA) is 56.2 Å². The highest BCUT2D eigenvalue weighted by Gasteiger charge is 2.14. The first kappa shape index (κ1) is 15.4. The van der Waals surface area contributed by atoms with Gasteiger partial charge in [-0.1, -0.05) is 12.1 Å². The molecule has 0 bridgehead atoms. The Hall–Kier alpha value is -3.14. The second-order valence-electron chi connectivity index (χ2n) is 6.30. The van der Waals surface area contributed by atoms with Crippen molar-refractivity contribution in [1.82, 2.24) is 4.98 Å². The number of hydrogen-bond donors (Lipinski definition) is 0. The van der Waals surface area contributed by atoms with E-state index in [4.69, 9.17) is 8.83 Å². The highest BCUT2D eigenvalue weighted by Crippen LogP contribution is 2.32. The molecule has 0 aliphatic heterocycles. The molecular weight excluding hydrogens is 314 g/mol. The number of aryl methyl sites for hydroxylation is 3. The first-order chi connectivity index (χ1) is 12.0. The molecule has 4 rings (SSSR count). The molecule has 124 valence electrons. The standard InChI is InChI=1S/C21H17NO3/c1-12-8-14(3)20-18(9-12)22-21(25-20)15-5-4-13(2)17(10-15)19-7-6-16(11-23)24-19/h4-11H,1-3H3. The maximum absolute atomic E-state index is 10.9. The largest absolute Gasteiger partial charge is 0.453 e. The number of aldehydes is 1. The quantitative estimate of drug-likeness (QED) is 0.466. The fourth-order valence-electron chi connectivity index (χ4n) is 3.08. The van der Waals surface area contributed by atoms with Crippen molar-refractivity contribution in [2.24, 2.45) is 0 Å². The van der Waals surface area contributed by atoms with Crippen molar-refractivity contribution >= 4 is 17.4 Å². The Morgan fingerprint density at radius 3 is 2.52 bits per heavy atom. The summed E-state index contributed by atoms with van der Waals surface area (Å²) in [5, 5.41) is 0. The van der Waals surface area contributed by atoms with Gasteiger partial charge in [0.2, 0.25) is 5.89 Å². The van der Waals surface area contributed by atoms with Gasteiger partial charge in [-0.05, 0) is 67.8 Å². The van der Waals surface area contributed by atoms with Crippen LogP contribution in [-0.4, -0.2) is 11.3 Å². The van der Waals surface area contributed by atoms with Crippen molar-refractivity contribution in [3.05, 3.63) is 64.9 Å². The number of oxazole rings is 1. The molecule has 0 aliphatic rings. The van der Waals surface area contributed by atoms with Crippen LogP contribution in [-0.2, 0) is 0 Å². The highest BCUT2D eigenvalue weighted by atomic mass is 16.4. The minimum atomic E-state index is 0.313. The SMILES string of the molecule is Cc1cc(C)c2oc(-c3ccc(C)c(-c4ccc(C=O)o4)c3)nc2c1. The monoisotopic (exact) mass is 331 g/mol. The summed E-state index contributed by atoms with van der Waals surface area (Å²) in [6, 6.07) is 13.5. The van der Waals surface area contributed by atoms with Gasteiger partial charge in [-0.3, -0.25) is 4.79 Å². The van der Waals surface area contributed by atoms with Crippen molar-refractivity contribution in [3.8, 4) is 22.8 Å². The van der Waals surface area contributed by atoms with Crippen molar-refractivity contribution in [3.63, 3.8) is 0 Å². The molecule has 2 aromatic heterocycles. The van der Waals surface area contributed by atoms with E-state index in [2.05, 4.69) is 11.1 Å². The van der Waals surface area contributed by atoms with E-state index in [0.717, 1.165) is 38.9 Å². The van der Waals surface area contributed by atoms with Gasteiger partial charge < -0.3 is 8.83 Å². The van der Waals surface area contributed by atoms with Gasteiger partial charge in [0, 0.05) is 11.1 Å². The molecule has 0 saturated heterocycles. The van der Waals surface area contributed by atoms with Crippen molar-refractivity contribution in [2.75, 3.05) is 0 Å². The predicted octanol–water partition coefficient (Wildman–Crippen LogP) is 5.49. The van der Waals surface area contributed by atoms with Gasteiger partial charge in [-0.2, -0.15) is 0 Å². The zero-order chi connectivity index (χ0) is 17.6. The molecule has 25 heavy (non-hydrogen) atoms. The molecule has 0 radical (unpaired) electrons. The van der Waals surface area contributed by atoms with Gasteiger partial charge in [0.25, 0.3) is 0 Å². The molecule has 2 aromatic carbocycles. The number of hydrogen-bond acceptors (Lipinski definition) is 4. The Kier molecular flexibility index (Phi) is 3.53. The number of benzene rings is 2. The predicted molar refractivity (Wildman–Crippen MR) is 96.7 cm³/mol. The molecular formula is C21H17NO3. The number of aromatic nitrogens is 1. The Morgan fingerprint density at radius 1 is 0.920 bits per heavy atom. The molecule has 0 aliphatic carbocycles. The van der Waals surface area contributed by atoms with Crippen LogP contribution < -0.4 is 0 Å². The van der Waals surface area contributed by atoms with Gasteiger partial charge in [-0.25, -0.2) is 4.98 Å². The Bertz CT molecular complexity index is 1100. The van der Waals surface area contributed by atoms with E-state index in [1.54, 1.807) is 12.1 Å². The van der Waals surface area contributed by atoms with Crippen LogP contribution in [0.15, 0.2) is 51.3 Å². The summed E-state index contributed by atoms with van der Waals surface area (Å²) >= 11 is 0. The van der Waals surface area contributed by atoms with Crippen LogP contribution in [0.3, 0.4) is 0 Å². The lowest BCUT2D eigenvalue weighted by Crippen LogP contribution is -1.84. The van der Waals surface area contributed by atoms with E-state index >= 15 is 0 Å². The number of carbonyl (C=O) groups excluding carboxylic acids is 1. The molecule has 0 amide bonds. The van der Waals surface area contributed by atoms with Crippen LogP contribution in [0, 0.1) is 20.8 Å². The fourth-order valence-corrected chi connectivity index (χ4v) is 3.08. The van der Waals surface area contributed by atoms with Crippen LogP contribution in [0.2, 0.25) is 0 Å². The second-order valence-corrected chi connectivity index (χ2v) is 6.30. The van der Waals surface area contributed by atoms with Crippen LogP contribution >= 0.6 is 0 Å². The molecule has 2 heterocycles. The lowest BCUT2D eigenvalue weighted by atomic mass is 10.0. The third-order valence-electron chi connectivity index (χ3n) is 4.31. The van der Waals surface area contributed by atoms with E-state index in [9.17, 15) is 4.79 Å². The molecule has 0 fully saturated rings. The summed E-state index contributed by atoms with van der Waals surface area (Å²) in [6.07, 6.45) is 0.703. The van der Waals surface area contributed by atoms with Gasteiger partial charge in [0.1, 0.15) is 11.3 Å². The molecule has 0 spiro atoms. The first-order valence-electron chi connectivity index (χ1n) is 8.09. The second kappa shape index (κ2) is 5.74. The summed E-state index contributed by atoms with van der Waals surface area (Å²) in [7, 11) is 0. The molecule has 4 heteroatoms. The van der Waals surface area contributed by atoms with E-state index < -0.39 is 0 Å². The van der Waals surface area contributed by atoms with Crippen molar-refractivity contribution < 1.29 is 13.6 Å². The number of carbonyl (C=O) groups is 1. The summed E-state index contributed by atoms with van der Waals surface area (Å²) in [5.41, 5.74) is 6.74. The van der Waals surface area contributed by atoms with Gasteiger partial charge in [0.05, 0.1) is 0 Å². The van der Waals surface area contributed by atoms with E-state index in [-0.39, 0.29) is 0 Å². The zero-order valence-corrected chi connectivity index (χ0v) is 14.3. The average Bonchev–Trinajstić information content (AvgIpc) is 3.22. The fraction of sp³-hybridized carbons (Fsp3) is 0.143. The molecule has 0 atom stereocenters. The molecule has 4 nitrogen and oxygen atoms in total. The minimum absolute atomic E-state index is 0.313. The summed E-state index contributed by atoms with van der Waals surface area (Å²) in [6.45, 7) is 6.07. The van der Waals surface area contributed by atoms with Crippen molar-refractivity contribution in [2.45, 2.75) is 20.8 Å². The van der Waals surface area contributed by atoms with Crippen molar-refractivity contribution in [1.29, 1.82) is 0 Å². The number of rotatable bonds is 3. The number of furan rings is 1. The maximum atomic E-state index is 10.9. The zero-order valence-electron chi connectivity index (χ0n) is 14.3. The Morgan fingerprint density at radius 2 is 1.76 bits per heavy atom. The van der Waals surface area contributed by atoms with Crippen LogP contribution in [0.5, 0.6) is 0 Å². The molecule has 4 aromatic rings. The average molecular weight is 331 g/mol. The van der Waals surface area contributed by atoms with Gasteiger partial charge in [-0.15, -0.1) is 0 Å². The normalized spacial score (nSPS) is 11.2. The lowest BCUT2D eigenvalue weighted by molar-refractivity contribution is 0.110. The molecule has 0 saturated carbocycles. The number of fused-ring (bicyclic) bond motifs is 1. The number of nitrogens with zero attached hydrogens (tertiary/aromatic N) is 1. The molecule has 0 unspecified atom stereocenters.